The van der Waals surface area contributed by atoms with Gasteiger partial charge in [-0.1, -0.05) is 30.1 Å². The topological polar surface area (TPSA) is 116 Å². The Morgan fingerprint density at radius 3 is 2.12 bits per heavy atom. The Hall–Kier alpha value is -1.83. The van der Waals surface area contributed by atoms with Gasteiger partial charge in [-0.05, 0) is 38.5 Å². The summed E-state index contributed by atoms with van der Waals surface area (Å²) >= 11 is 11.8. The number of carbonyl (C=O) groups is 3. The molecule has 0 saturated carbocycles. The van der Waals surface area contributed by atoms with Crippen LogP contribution in [0.25, 0.3) is 0 Å². The van der Waals surface area contributed by atoms with E-state index in [4.69, 9.17) is 43.0 Å². The van der Waals surface area contributed by atoms with Crippen molar-refractivity contribution in [2.75, 3.05) is 5.32 Å². The summed E-state index contributed by atoms with van der Waals surface area (Å²) in [5.41, 5.74) is 0.534. The molecule has 1 amide bonds. The van der Waals surface area contributed by atoms with Crippen molar-refractivity contribution in [2.45, 2.75) is 39.3 Å². The van der Waals surface area contributed by atoms with Gasteiger partial charge in [-0.3, -0.25) is 4.79 Å². The summed E-state index contributed by atoms with van der Waals surface area (Å²) < 4.78 is 0. The van der Waals surface area contributed by atoms with E-state index in [1.54, 1.807) is 18.2 Å². The Labute approximate surface area is 150 Å². The van der Waals surface area contributed by atoms with Crippen molar-refractivity contribution in [3.8, 4) is 0 Å². The molecule has 0 aliphatic rings. The van der Waals surface area contributed by atoms with Gasteiger partial charge in [0, 0.05) is 11.1 Å². The van der Waals surface area contributed by atoms with Gasteiger partial charge in [0.05, 0.1) is 16.8 Å². The zero-order valence-corrected chi connectivity index (χ0v) is 15.0. The third-order valence-corrected chi connectivity index (χ3v) is 3.47. The highest BCUT2D eigenvalue weighted by molar-refractivity contribution is 6.35. The van der Waals surface area contributed by atoms with E-state index in [0.717, 1.165) is 6.42 Å². The summed E-state index contributed by atoms with van der Waals surface area (Å²) in [7, 11) is 0. The van der Waals surface area contributed by atoms with Gasteiger partial charge in [0.2, 0.25) is 5.91 Å². The molecule has 1 aromatic carbocycles. The molecule has 0 spiro atoms. The smallest absolute Gasteiger partial charge is 0.414 e. The summed E-state index contributed by atoms with van der Waals surface area (Å²) in [5, 5.41) is 21.8. The average Bonchev–Trinajstić information content (AvgIpc) is 2.51. The van der Waals surface area contributed by atoms with Gasteiger partial charge in [-0.2, -0.15) is 0 Å². The molecule has 0 radical (unpaired) electrons. The van der Waals surface area contributed by atoms with Crippen LogP contribution in [0, 0.1) is 0 Å². The molecular formula is C15H20Cl2N2O5. The quantitative estimate of drug-likeness (QED) is 0.585. The maximum atomic E-state index is 12.0. The predicted molar refractivity (Wildman–Crippen MR) is 92.7 cm³/mol. The molecule has 2 unspecified atom stereocenters. The molecule has 0 aromatic heterocycles. The minimum absolute atomic E-state index is 0.125. The molecule has 24 heavy (non-hydrogen) atoms. The lowest BCUT2D eigenvalue weighted by molar-refractivity contribution is -0.159. The van der Waals surface area contributed by atoms with Crippen LogP contribution in [-0.2, 0) is 14.4 Å². The highest BCUT2D eigenvalue weighted by Crippen LogP contribution is 2.25. The average molecular weight is 379 g/mol. The van der Waals surface area contributed by atoms with E-state index in [0.29, 0.717) is 21.8 Å². The lowest BCUT2D eigenvalue weighted by Crippen LogP contribution is -2.42. The van der Waals surface area contributed by atoms with Crippen molar-refractivity contribution in [1.29, 1.82) is 0 Å². The second-order valence-electron chi connectivity index (χ2n) is 4.92. The second-order valence-corrected chi connectivity index (χ2v) is 5.77. The Kier molecular flexibility index (Phi) is 10.0. The van der Waals surface area contributed by atoms with Gasteiger partial charge < -0.3 is 20.8 Å². The van der Waals surface area contributed by atoms with Gasteiger partial charge in [0.1, 0.15) is 0 Å². The van der Waals surface area contributed by atoms with Crippen LogP contribution >= 0.6 is 23.2 Å². The van der Waals surface area contributed by atoms with E-state index in [-0.39, 0.29) is 11.9 Å². The van der Waals surface area contributed by atoms with Gasteiger partial charge in [0.25, 0.3) is 0 Å². The molecule has 2 atom stereocenters. The summed E-state index contributed by atoms with van der Waals surface area (Å²) in [6, 6.07) is 4.99. The summed E-state index contributed by atoms with van der Waals surface area (Å²) in [5.74, 6) is -3.77. The second kappa shape index (κ2) is 10.9. The summed E-state index contributed by atoms with van der Waals surface area (Å²) in [6.45, 7) is 5.92. The van der Waals surface area contributed by atoms with E-state index in [1.165, 1.54) is 0 Å². The fraction of sp³-hybridized carbons (Fsp3) is 0.400. The maximum Gasteiger partial charge on any atom is 0.414 e. The van der Waals surface area contributed by atoms with Gasteiger partial charge in [-0.25, -0.2) is 9.59 Å². The van der Waals surface area contributed by atoms with Crippen LogP contribution in [0.2, 0.25) is 10.0 Å². The molecule has 134 valence electrons. The number of anilines is 1. The standard InChI is InChI=1S/C13H18Cl2N2O.C2H2O4/c1-4-8(2)16-9(3)13(18)17-12-7-10(14)5-6-11(12)15;3-1(4)2(5)6/h5-9,16H,4H2,1-3H3,(H,17,18);(H,3,4)(H,5,6). The molecule has 1 rings (SSSR count). The fourth-order valence-electron chi connectivity index (χ4n) is 1.45. The summed E-state index contributed by atoms with van der Waals surface area (Å²) in [4.78, 5) is 30.2. The van der Waals surface area contributed by atoms with E-state index in [1.807, 2.05) is 13.8 Å². The molecule has 0 heterocycles. The van der Waals surface area contributed by atoms with Crippen molar-refractivity contribution in [2.24, 2.45) is 0 Å². The number of carboxylic acids is 2. The number of rotatable bonds is 5. The van der Waals surface area contributed by atoms with E-state index < -0.39 is 11.9 Å². The molecule has 1 aromatic rings. The number of hydrogen-bond acceptors (Lipinski definition) is 4. The van der Waals surface area contributed by atoms with Gasteiger partial charge >= 0.3 is 11.9 Å². The van der Waals surface area contributed by atoms with Crippen molar-refractivity contribution < 1.29 is 24.6 Å². The Balaban J connectivity index is 0.000000754. The SMILES string of the molecule is CCC(C)NC(C)C(=O)Nc1cc(Cl)ccc1Cl.O=C(O)C(=O)O. The number of benzene rings is 1. The van der Waals surface area contributed by atoms with Crippen LogP contribution in [0.1, 0.15) is 27.2 Å². The van der Waals surface area contributed by atoms with Crippen LogP contribution in [0.4, 0.5) is 5.69 Å². The zero-order valence-electron chi connectivity index (χ0n) is 13.5. The lowest BCUT2D eigenvalue weighted by atomic mass is 10.2. The van der Waals surface area contributed by atoms with E-state index in [2.05, 4.69) is 17.6 Å². The number of nitrogens with one attached hydrogen (secondary N) is 2. The van der Waals surface area contributed by atoms with Crippen LogP contribution in [0.15, 0.2) is 18.2 Å². The number of hydrogen-bond donors (Lipinski definition) is 4. The van der Waals surface area contributed by atoms with E-state index in [9.17, 15) is 4.79 Å². The molecule has 4 N–H and O–H groups in total. The highest BCUT2D eigenvalue weighted by Gasteiger charge is 2.15. The lowest BCUT2D eigenvalue weighted by Gasteiger charge is -2.18. The van der Waals surface area contributed by atoms with E-state index >= 15 is 0 Å². The van der Waals surface area contributed by atoms with Crippen molar-refractivity contribution in [1.82, 2.24) is 5.32 Å². The zero-order chi connectivity index (χ0) is 18.9. The molecule has 0 fully saturated rings. The van der Waals surface area contributed by atoms with Crippen LogP contribution in [0.3, 0.4) is 0 Å². The molecule has 0 saturated heterocycles. The fourth-order valence-corrected chi connectivity index (χ4v) is 1.79. The maximum absolute atomic E-state index is 12.0. The van der Waals surface area contributed by atoms with Crippen LogP contribution < -0.4 is 10.6 Å². The minimum Gasteiger partial charge on any atom is -0.473 e. The number of halogens is 2. The Bertz CT molecular complexity index is 583. The molecule has 0 bridgehead atoms. The molecule has 0 aliphatic carbocycles. The van der Waals surface area contributed by atoms with Gasteiger partial charge in [-0.15, -0.1) is 0 Å². The number of carbonyl (C=O) groups excluding carboxylic acids is 1. The summed E-state index contributed by atoms with van der Waals surface area (Å²) in [6.07, 6.45) is 0.968. The Morgan fingerprint density at radius 1 is 1.12 bits per heavy atom. The normalized spacial score (nSPS) is 12.4. The molecule has 0 aliphatic heterocycles. The van der Waals surface area contributed by atoms with Crippen LogP contribution in [0.5, 0.6) is 0 Å². The van der Waals surface area contributed by atoms with Crippen molar-refractivity contribution in [3.63, 3.8) is 0 Å². The van der Waals surface area contributed by atoms with Crippen LogP contribution in [-0.4, -0.2) is 40.1 Å². The first-order valence-electron chi connectivity index (χ1n) is 7.06. The molecular weight excluding hydrogens is 359 g/mol. The number of amides is 1. The number of carboxylic acid groups (broad SMARTS) is 2. The van der Waals surface area contributed by atoms with Crippen molar-refractivity contribution >= 4 is 46.7 Å². The minimum atomic E-state index is -1.82. The molecule has 9 heteroatoms. The first kappa shape index (κ1) is 22.2. The largest absolute Gasteiger partial charge is 0.473 e. The monoisotopic (exact) mass is 378 g/mol. The third kappa shape index (κ3) is 8.71. The first-order chi connectivity index (χ1) is 11.1. The molecule has 7 nitrogen and oxygen atoms in total. The third-order valence-electron chi connectivity index (χ3n) is 2.91. The predicted octanol–water partition coefficient (Wildman–Crippen LogP) is 2.86. The number of aliphatic carboxylic acids is 2. The van der Waals surface area contributed by atoms with Crippen molar-refractivity contribution in [3.05, 3.63) is 28.2 Å². The first-order valence-corrected chi connectivity index (χ1v) is 7.82. The Morgan fingerprint density at radius 2 is 1.67 bits per heavy atom. The van der Waals surface area contributed by atoms with Gasteiger partial charge in [0.15, 0.2) is 0 Å². The highest BCUT2D eigenvalue weighted by atomic mass is 35.5.